The summed E-state index contributed by atoms with van der Waals surface area (Å²) in [5, 5.41) is 8.15. The maximum absolute atomic E-state index is 11.6. The van der Waals surface area contributed by atoms with Gasteiger partial charge in [-0.25, -0.2) is 0 Å². The molecule has 0 saturated carbocycles. The van der Waals surface area contributed by atoms with Crippen molar-refractivity contribution in [1.82, 2.24) is 16.0 Å². The van der Waals surface area contributed by atoms with Crippen molar-refractivity contribution in [3.05, 3.63) is 0 Å². The molecular weight excluding hydrogens is 310 g/mol. The molecule has 0 rings (SSSR count). The Kier molecular flexibility index (Phi) is 12.4. The molecule has 0 unspecified atom stereocenters. The first-order chi connectivity index (χ1) is 11.4. The fourth-order valence-electron chi connectivity index (χ4n) is 1.94. The third-order valence-electron chi connectivity index (χ3n) is 3.42. The van der Waals surface area contributed by atoms with Gasteiger partial charge in [0.1, 0.15) is 5.78 Å². The molecule has 3 N–H and O–H groups in total. The molecule has 3 amide bonds. The number of carbonyl (C=O) groups excluding carboxylic acids is 4. The van der Waals surface area contributed by atoms with Crippen molar-refractivity contribution < 1.29 is 19.2 Å². The van der Waals surface area contributed by atoms with Gasteiger partial charge >= 0.3 is 0 Å². The topological polar surface area (TPSA) is 104 Å². The smallest absolute Gasteiger partial charge is 0.220 e. The summed E-state index contributed by atoms with van der Waals surface area (Å²) in [6.07, 6.45) is 2.34. The lowest BCUT2D eigenvalue weighted by Crippen LogP contribution is -2.29. The van der Waals surface area contributed by atoms with Gasteiger partial charge in [0.05, 0.1) is 0 Å². The Hall–Kier alpha value is -1.92. The van der Waals surface area contributed by atoms with E-state index in [9.17, 15) is 19.2 Å². The highest BCUT2D eigenvalue weighted by Gasteiger charge is 2.10. The van der Waals surface area contributed by atoms with E-state index in [2.05, 4.69) is 16.0 Å². The molecule has 0 radical (unpaired) electrons. The van der Waals surface area contributed by atoms with Crippen LogP contribution in [0.2, 0.25) is 0 Å². The van der Waals surface area contributed by atoms with Gasteiger partial charge in [0, 0.05) is 51.2 Å². The second-order valence-corrected chi connectivity index (χ2v) is 5.98. The number of Topliss-reactive ketones (excluding diaryl/α,β-unsaturated/α-hetero) is 1. The molecular formula is C17H31N3O4. The molecule has 0 aromatic heterocycles. The van der Waals surface area contributed by atoms with Crippen LogP contribution in [0.1, 0.15) is 59.3 Å². The van der Waals surface area contributed by atoms with Gasteiger partial charge in [-0.3, -0.25) is 19.2 Å². The van der Waals surface area contributed by atoms with Crippen molar-refractivity contribution in [1.29, 1.82) is 0 Å². The van der Waals surface area contributed by atoms with Gasteiger partial charge in [0.25, 0.3) is 0 Å². The fourth-order valence-corrected chi connectivity index (χ4v) is 1.94. The van der Waals surface area contributed by atoms with Crippen molar-refractivity contribution in [2.45, 2.75) is 59.3 Å². The maximum Gasteiger partial charge on any atom is 0.220 e. The van der Waals surface area contributed by atoms with Crippen LogP contribution in [0.5, 0.6) is 0 Å². The Morgan fingerprint density at radius 2 is 1.17 bits per heavy atom. The Morgan fingerprint density at radius 3 is 1.62 bits per heavy atom. The van der Waals surface area contributed by atoms with Crippen LogP contribution in [0.15, 0.2) is 0 Å². The minimum atomic E-state index is -0.161. The number of hydrogen-bond acceptors (Lipinski definition) is 4. The van der Waals surface area contributed by atoms with Crippen LogP contribution in [0.4, 0.5) is 0 Å². The van der Waals surface area contributed by atoms with Crippen LogP contribution in [-0.4, -0.2) is 43.1 Å². The van der Waals surface area contributed by atoms with Crippen LogP contribution in [0.3, 0.4) is 0 Å². The van der Waals surface area contributed by atoms with Crippen molar-refractivity contribution in [2.75, 3.05) is 19.6 Å². The highest BCUT2D eigenvalue weighted by atomic mass is 16.2. The summed E-state index contributed by atoms with van der Waals surface area (Å²) in [6, 6.07) is 0. The lowest BCUT2D eigenvalue weighted by Gasteiger charge is -2.07. The molecule has 0 spiro atoms. The van der Waals surface area contributed by atoms with Gasteiger partial charge in [-0.2, -0.15) is 0 Å². The SMILES string of the molecule is CCNC(=O)CCCNC(=O)CCCNC(=O)CCC(=O)C(C)C. The molecule has 0 aromatic carbocycles. The zero-order valence-electron chi connectivity index (χ0n) is 15.1. The molecule has 7 nitrogen and oxygen atoms in total. The first-order valence-corrected chi connectivity index (χ1v) is 8.69. The number of carbonyl (C=O) groups is 4. The molecule has 7 heteroatoms. The van der Waals surface area contributed by atoms with E-state index in [1.54, 1.807) is 0 Å². The zero-order valence-corrected chi connectivity index (χ0v) is 15.1. The molecule has 0 saturated heterocycles. The van der Waals surface area contributed by atoms with E-state index in [-0.39, 0.29) is 42.3 Å². The summed E-state index contributed by atoms with van der Waals surface area (Å²) in [7, 11) is 0. The second-order valence-electron chi connectivity index (χ2n) is 5.98. The van der Waals surface area contributed by atoms with Gasteiger partial charge in [-0.05, 0) is 19.8 Å². The van der Waals surface area contributed by atoms with E-state index >= 15 is 0 Å². The summed E-state index contributed by atoms with van der Waals surface area (Å²) in [4.78, 5) is 45.7. The average molecular weight is 341 g/mol. The third-order valence-corrected chi connectivity index (χ3v) is 3.42. The zero-order chi connectivity index (χ0) is 18.4. The van der Waals surface area contributed by atoms with Gasteiger partial charge < -0.3 is 16.0 Å². The van der Waals surface area contributed by atoms with Crippen molar-refractivity contribution in [3.63, 3.8) is 0 Å². The lowest BCUT2D eigenvalue weighted by atomic mass is 10.0. The Bertz CT molecular complexity index is 422. The highest BCUT2D eigenvalue weighted by molar-refractivity contribution is 5.86. The molecule has 0 fully saturated rings. The summed E-state index contributed by atoms with van der Waals surface area (Å²) >= 11 is 0. The number of nitrogens with one attached hydrogen (secondary N) is 3. The molecule has 0 atom stereocenters. The van der Waals surface area contributed by atoms with Gasteiger partial charge in [0.15, 0.2) is 0 Å². The van der Waals surface area contributed by atoms with E-state index in [1.165, 1.54) is 0 Å². The summed E-state index contributed by atoms with van der Waals surface area (Å²) in [6.45, 7) is 6.99. The van der Waals surface area contributed by atoms with Gasteiger partial charge in [0.2, 0.25) is 17.7 Å². The van der Waals surface area contributed by atoms with Crippen LogP contribution >= 0.6 is 0 Å². The van der Waals surface area contributed by atoms with E-state index in [0.29, 0.717) is 45.3 Å². The first-order valence-electron chi connectivity index (χ1n) is 8.69. The molecule has 0 aliphatic rings. The predicted octanol–water partition coefficient (Wildman–Crippen LogP) is 0.921. The van der Waals surface area contributed by atoms with E-state index in [0.717, 1.165) is 0 Å². The molecule has 0 bridgehead atoms. The van der Waals surface area contributed by atoms with E-state index in [4.69, 9.17) is 0 Å². The third kappa shape index (κ3) is 12.6. The van der Waals surface area contributed by atoms with E-state index in [1.807, 2.05) is 20.8 Å². The monoisotopic (exact) mass is 341 g/mol. The molecule has 0 aliphatic heterocycles. The van der Waals surface area contributed by atoms with Crippen LogP contribution in [0.25, 0.3) is 0 Å². The summed E-state index contributed by atoms with van der Waals surface area (Å²) in [5.74, 6) is -0.224. The quantitative estimate of drug-likeness (QED) is 0.433. The summed E-state index contributed by atoms with van der Waals surface area (Å²) < 4.78 is 0. The first kappa shape index (κ1) is 22.1. The van der Waals surface area contributed by atoms with Gasteiger partial charge in [-0.1, -0.05) is 13.8 Å². The van der Waals surface area contributed by atoms with Gasteiger partial charge in [-0.15, -0.1) is 0 Å². The number of amides is 3. The Morgan fingerprint density at radius 1 is 0.708 bits per heavy atom. The minimum absolute atomic E-state index is 0.00888. The van der Waals surface area contributed by atoms with Crippen LogP contribution < -0.4 is 16.0 Å². The Balaban J connectivity index is 3.56. The van der Waals surface area contributed by atoms with Crippen molar-refractivity contribution in [2.24, 2.45) is 5.92 Å². The lowest BCUT2D eigenvalue weighted by molar-refractivity contribution is -0.126. The maximum atomic E-state index is 11.6. The van der Waals surface area contributed by atoms with Crippen LogP contribution in [-0.2, 0) is 19.2 Å². The van der Waals surface area contributed by atoms with E-state index < -0.39 is 0 Å². The normalized spacial score (nSPS) is 10.3. The Labute approximate surface area is 144 Å². The average Bonchev–Trinajstić information content (AvgIpc) is 2.53. The number of rotatable bonds is 13. The van der Waals surface area contributed by atoms with Crippen molar-refractivity contribution >= 4 is 23.5 Å². The second kappa shape index (κ2) is 13.5. The number of hydrogen-bond donors (Lipinski definition) is 3. The standard InChI is InChI=1S/C17H31N3O4/c1-4-18-15(22)7-5-11-19-16(23)8-6-12-20-17(24)10-9-14(21)13(2)3/h13H,4-12H2,1-3H3,(H,18,22)(H,19,23)(H,20,24). The highest BCUT2D eigenvalue weighted by Crippen LogP contribution is 2.01. The summed E-state index contributed by atoms with van der Waals surface area (Å²) in [5.41, 5.74) is 0. The number of ketones is 1. The molecule has 0 aliphatic carbocycles. The van der Waals surface area contributed by atoms with Crippen LogP contribution in [0, 0.1) is 5.92 Å². The molecule has 24 heavy (non-hydrogen) atoms. The predicted molar refractivity (Wildman–Crippen MR) is 92.3 cm³/mol. The molecule has 138 valence electrons. The minimum Gasteiger partial charge on any atom is -0.356 e. The molecule has 0 aromatic rings. The molecule has 0 heterocycles. The van der Waals surface area contributed by atoms with Crippen molar-refractivity contribution in [3.8, 4) is 0 Å². The largest absolute Gasteiger partial charge is 0.356 e. The fraction of sp³-hybridized carbons (Fsp3) is 0.765.